The fraction of sp³-hybridized carbons (Fsp3) is 0.462. The molecule has 0 unspecified atom stereocenters. The summed E-state index contributed by atoms with van der Waals surface area (Å²) in [4.78, 5) is 24.1. The molecule has 0 aliphatic carbocycles. The van der Waals surface area contributed by atoms with Crippen molar-refractivity contribution in [2.24, 2.45) is 0 Å². The van der Waals surface area contributed by atoms with E-state index in [-0.39, 0.29) is 24.0 Å². The van der Waals surface area contributed by atoms with Crippen LogP contribution in [-0.4, -0.2) is 48.5 Å². The van der Waals surface area contributed by atoms with Gasteiger partial charge in [-0.1, -0.05) is 12.1 Å². The number of benzene rings is 1. The number of ether oxygens (including phenoxy) is 1. The molecule has 0 atom stereocenters. The van der Waals surface area contributed by atoms with Crippen molar-refractivity contribution in [3.63, 3.8) is 0 Å². The Bertz CT molecular complexity index is 512. The van der Waals surface area contributed by atoms with Gasteiger partial charge in [0.2, 0.25) is 5.75 Å². The average Bonchev–Trinajstić information content (AvgIpc) is 2.46. The van der Waals surface area contributed by atoms with E-state index in [1.54, 1.807) is 24.0 Å². The Morgan fingerprint density at radius 1 is 1.45 bits per heavy atom. The number of rotatable bonds is 4. The van der Waals surface area contributed by atoms with Crippen LogP contribution >= 0.6 is 0 Å². The van der Waals surface area contributed by atoms with Crippen LogP contribution < -0.4 is 10.1 Å². The van der Waals surface area contributed by atoms with Crippen LogP contribution in [0.3, 0.4) is 0 Å². The van der Waals surface area contributed by atoms with Crippen molar-refractivity contribution in [2.45, 2.75) is 6.92 Å². The summed E-state index contributed by atoms with van der Waals surface area (Å²) >= 11 is 0. The lowest BCUT2D eigenvalue weighted by atomic mass is 10.2. The minimum atomic E-state index is -0.502. The van der Waals surface area contributed by atoms with Gasteiger partial charge in [0.25, 0.3) is 5.91 Å². The van der Waals surface area contributed by atoms with Crippen molar-refractivity contribution in [3.8, 4) is 5.75 Å². The van der Waals surface area contributed by atoms with Gasteiger partial charge in [0, 0.05) is 32.2 Å². The second-order valence-electron chi connectivity index (χ2n) is 4.60. The number of aryl methyl sites for hydroxylation is 1. The van der Waals surface area contributed by atoms with E-state index < -0.39 is 4.92 Å². The number of nitrogens with zero attached hydrogens (tertiary/aromatic N) is 2. The van der Waals surface area contributed by atoms with Gasteiger partial charge in [0.1, 0.15) is 0 Å². The van der Waals surface area contributed by atoms with Crippen LogP contribution in [-0.2, 0) is 4.79 Å². The lowest BCUT2D eigenvalue weighted by Gasteiger charge is -2.27. The molecule has 1 aromatic carbocycles. The molecule has 1 amide bonds. The molecule has 108 valence electrons. The first-order valence-electron chi connectivity index (χ1n) is 6.45. The van der Waals surface area contributed by atoms with Crippen molar-refractivity contribution in [3.05, 3.63) is 33.9 Å². The second kappa shape index (κ2) is 6.33. The Morgan fingerprint density at radius 2 is 2.15 bits per heavy atom. The monoisotopic (exact) mass is 279 g/mol. The summed E-state index contributed by atoms with van der Waals surface area (Å²) in [5.41, 5.74) is 0.533. The molecule has 0 saturated carbocycles. The molecule has 1 aliphatic heterocycles. The van der Waals surface area contributed by atoms with Gasteiger partial charge in [-0.05, 0) is 12.5 Å². The summed E-state index contributed by atoms with van der Waals surface area (Å²) in [5, 5.41) is 14.1. The third-order valence-electron chi connectivity index (χ3n) is 3.20. The highest BCUT2D eigenvalue weighted by atomic mass is 16.6. The topological polar surface area (TPSA) is 84.7 Å². The fourth-order valence-electron chi connectivity index (χ4n) is 2.11. The number of amides is 1. The van der Waals surface area contributed by atoms with E-state index in [2.05, 4.69) is 5.32 Å². The van der Waals surface area contributed by atoms with Crippen LogP contribution in [0.4, 0.5) is 5.69 Å². The number of carbonyl (C=O) groups is 1. The van der Waals surface area contributed by atoms with Crippen LogP contribution in [0.5, 0.6) is 5.75 Å². The molecule has 0 aromatic heterocycles. The highest BCUT2D eigenvalue weighted by molar-refractivity contribution is 5.78. The standard InChI is InChI=1S/C13H17N3O4/c1-10-3-2-4-11(16(18)19)13(10)20-9-12(17)15-7-5-14-6-8-15/h2-4,14H,5-9H2,1H3. The Balaban J connectivity index is 2.03. The van der Waals surface area contributed by atoms with Gasteiger partial charge in [-0.3, -0.25) is 14.9 Å². The largest absolute Gasteiger partial charge is 0.477 e. The van der Waals surface area contributed by atoms with E-state index in [1.165, 1.54) is 6.07 Å². The predicted molar refractivity (Wildman–Crippen MR) is 72.8 cm³/mol. The van der Waals surface area contributed by atoms with Gasteiger partial charge >= 0.3 is 5.69 Å². The SMILES string of the molecule is Cc1cccc([N+](=O)[O-])c1OCC(=O)N1CCNCC1. The van der Waals surface area contributed by atoms with Crippen molar-refractivity contribution in [1.82, 2.24) is 10.2 Å². The number of nitro benzene ring substituents is 1. The van der Waals surface area contributed by atoms with Gasteiger partial charge in [-0.25, -0.2) is 0 Å². The molecule has 0 bridgehead atoms. The summed E-state index contributed by atoms with van der Waals surface area (Å²) in [6.45, 7) is 4.34. The molecule has 1 saturated heterocycles. The van der Waals surface area contributed by atoms with Gasteiger partial charge in [0.05, 0.1) is 4.92 Å². The Kier molecular flexibility index (Phi) is 4.52. The number of piperazine rings is 1. The summed E-state index contributed by atoms with van der Waals surface area (Å²) in [5.74, 6) is 0.0186. The Hall–Kier alpha value is -2.15. The number of carbonyl (C=O) groups excluding carboxylic acids is 1. The molecule has 0 spiro atoms. The summed E-state index contributed by atoms with van der Waals surface area (Å²) in [6.07, 6.45) is 0. The number of hydrogen-bond donors (Lipinski definition) is 1. The van der Waals surface area contributed by atoms with Crippen LogP contribution in [0.2, 0.25) is 0 Å². The normalized spacial score (nSPS) is 14.9. The van der Waals surface area contributed by atoms with Crippen LogP contribution in [0.1, 0.15) is 5.56 Å². The average molecular weight is 279 g/mol. The first-order valence-corrected chi connectivity index (χ1v) is 6.45. The summed E-state index contributed by atoms with van der Waals surface area (Å²) in [7, 11) is 0. The molecule has 1 fully saturated rings. The third-order valence-corrected chi connectivity index (χ3v) is 3.20. The summed E-state index contributed by atoms with van der Waals surface area (Å²) in [6, 6.07) is 4.69. The van der Waals surface area contributed by atoms with E-state index in [0.29, 0.717) is 18.7 Å². The smallest absolute Gasteiger partial charge is 0.311 e. The van der Waals surface area contributed by atoms with Crippen molar-refractivity contribution in [2.75, 3.05) is 32.8 Å². The van der Waals surface area contributed by atoms with E-state index >= 15 is 0 Å². The van der Waals surface area contributed by atoms with Gasteiger partial charge in [0.15, 0.2) is 6.61 Å². The maximum absolute atomic E-state index is 12.0. The molecular weight excluding hydrogens is 262 g/mol. The molecular formula is C13H17N3O4. The minimum Gasteiger partial charge on any atom is -0.477 e. The zero-order valence-electron chi connectivity index (χ0n) is 11.3. The molecule has 1 N–H and O–H groups in total. The first kappa shape index (κ1) is 14.3. The highest BCUT2D eigenvalue weighted by Gasteiger charge is 2.21. The van der Waals surface area contributed by atoms with Gasteiger partial charge < -0.3 is 15.0 Å². The molecule has 7 nitrogen and oxygen atoms in total. The van der Waals surface area contributed by atoms with Crippen LogP contribution in [0.25, 0.3) is 0 Å². The zero-order chi connectivity index (χ0) is 14.5. The lowest BCUT2D eigenvalue weighted by Crippen LogP contribution is -2.47. The Labute approximate surface area is 116 Å². The van der Waals surface area contributed by atoms with Crippen molar-refractivity contribution in [1.29, 1.82) is 0 Å². The molecule has 0 radical (unpaired) electrons. The van der Waals surface area contributed by atoms with Gasteiger partial charge in [-0.15, -0.1) is 0 Å². The molecule has 2 rings (SSSR count). The summed E-state index contributed by atoms with van der Waals surface area (Å²) < 4.78 is 5.39. The number of para-hydroxylation sites is 1. The highest BCUT2D eigenvalue weighted by Crippen LogP contribution is 2.30. The minimum absolute atomic E-state index is 0.113. The van der Waals surface area contributed by atoms with Crippen LogP contribution in [0, 0.1) is 17.0 Å². The maximum atomic E-state index is 12.0. The molecule has 7 heteroatoms. The van der Waals surface area contributed by atoms with Crippen molar-refractivity contribution < 1.29 is 14.5 Å². The maximum Gasteiger partial charge on any atom is 0.311 e. The quantitative estimate of drug-likeness (QED) is 0.648. The first-order chi connectivity index (χ1) is 9.59. The third kappa shape index (κ3) is 3.24. The molecule has 1 aromatic rings. The fourth-order valence-corrected chi connectivity index (χ4v) is 2.11. The van der Waals surface area contributed by atoms with E-state index in [4.69, 9.17) is 4.74 Å². The second-order valence-corrected chi connectivity index (χ2v) is 4.60. The van der Waals surface area contributed by atoms with E-state index in [9.17, 15) is 14.9 Å². The van der Waals surface area contributed by atoms with Crippen molar-refractivity contribution >= 4 is 11.6 Å². The Morgan fingerprint density at radius 3 is 2.80 bits per heavy atom. The van der Waals surface area contributed by atoms with Crippen LogP contribution in [0.15, 0.2) is 18.2 Å². The molecule has 20 heavy (non-hydrogen) atoms. The zero-order valence-corrected chi connectivity index (χ0v) is 11.3. The van der Waals surface area contributed by atoms with E-state index in [1.807, 2.05) is 0 Å². The number of nitrogens with one attached hydrogen (secondary N) is 1. The lowest BCUT2D eigenvalue weighted by molar-refractivity contribution is -0.385. The number of nitro groups is 1. The molecule has 1 aliphatic rings. The van der Waals surface area contributed by atoms with Gasteiger partial charge in [-0.2, -0.15) is 0 Å². The predicted octanol–water partition coefficient (Wildman–Crippen LogP) is 0.714. The van der Waals surface area contributed by atoms with E-state index in [0.717, 1.165) is 13.1 Å². The number of hydrogen-bond acceptors (Lipinski definition) is 5. The molecule has 1 heterocycles.